The Hall–Kier alpha value is -1.83. The number of ether oxygens (including phenoxy) is 3. The number of benzene rings is 1. The highest BCUT2D eigenvalue weighted by Gasteiger charge is 2.29. The lowest BCUT2D eigenvalue weighted by molar-refractivity contribution is -0.132. The third-order valence-corrected chi connectivity index (χ3v) is 3.80. The number of rotatable bonds is 6. The first-order chi connectivity index (χ1) is 11.1. The van der Waals surface area contributed by atoms with Gasteiger partial charge in [0.1, 0.15) is 17.4 Å². The highest BCUT2D eigenvalue weighted by Crippen LogP contribution is 2.21. The van der Waals surface area contributed by atoms with Crippen LogP contribution in [-0.2, 0) is 20.8 Å². The molecule has 2 atom stereocenters. The standard InChI is InChI=1S/C16H22N2O5.ClH/c1-21-13-5-3-10(7-12(13)16(20)22-2)9-18-15(19)14-6-4-11(8-17)23-14;/h3,5,7,11,14H,4,6,8-9,17H2,1-2H3,(H,18,19);1H/t11-,14+;/m1./s1. The van der Waals surface area contributed by atoms with Gasteiger partial charge in [0.2, 0.25) is 5.91 Å². The molecule has 0 aliphatic carbocycles. The summed E-state index contributed by atoms with van der Waals surface area (Å²) in [6, 6.07) is 5.09. The molecule has 134 valence electrons. The Labute approximate surface area is 147 Å². The zero-order chi connectivity index (χ0) is 16.8. The summed E-state index contributed by atoms with van der Waals surface area (Å²) in [5.74, 6) is -0.229. The van der Waals surface area contributed by atoms with Crippen molar-refractivity contribution in [1.82, 2.24) is 5.32 Å². The van der Waals surface area contributed by atoms with Gasteiger partial charge in [-0.3, -0.25) is 4.79 Å². The third-order valence-electron chi connectivity index (χ3n) is 3.80. The molecule has 3 N–H and O–H groups in total. The molecule has 0 saturated carbocycles. The van der Waals surface area contributed by atoms with Gasteiger partial charge in [0.05, 0.1) is 20.3 Å². The van der Waals surface area contributed by atoms with E-state index < -0.39 is 12.1 Å². The third kappa shape index (κ3) is 4.83. The van der Waals surface area contributed by atoms with Crippen LogP contribution < -0.4 is 15.8 Å². The van der Waals surface area contributed by atoms with Gasteiger partial charge in [-0.15, -0.1) is 12.4 Å². The molecule has 0 aromatic heterocycles. The highest BCUT2D eigenvalue weighted by molar-refractivity contribution is 5.92. The van der Waals surface area contributed by atoms with Crippen molar-refractivity contribution in [3.63, 3.8) is 0 Å². The number of carbonyl (C=O) groups is 2. The first-order valence-electron chi connectivity index (χ1n) is 7.47. The lowest BCUT2D eigenvalue weighted by atomic mass is 10.1. The number of carbonyl (C=O) groups excluding carboxylic acids is 2. The minimum absolute atomic E-state index is 0. The second kappa shape index (κ2) is 9.46. The Kier molecular flexibility index (Phi) is 7.97. The number of nitrogens with one attached hydrogen (secondary N) is 1. The van der Waals surface area contributed by atoms with Crippen LogP contribution in [0.15, 0.2) is 18.2 Å². The van der Waals surface area contributed by atoms with Crippen LogP contribution in [0.5, 0.6) is 5.75 Å². The van der Waals surface area contributed by atoms with E-state index in [9.17, 15) is 9.59 Å². The zero-order valence-electron chi connectivity index (χ0n) is 13.7. The topological polar surface area (TPSA) is 99.9 Å². The van der Waals surface area contributed by atoms with E-state index in [1.807, 2.05) is 0 Å². The van der Waals surface area contributed by atoms with Crippen molar-refractivity contribution in [2.75, 3.05) is 20.8 Å². The fourth-order valence-corrected chi connectivity index (χ4v) is 2.51. The predicted octanol–water partition coefficient (Wildman–Crippen LogP) is 1.03. The minimum atomic E-state index is -0.486. The Balaban J connectivity index is 0.00000288. The molecule has 1 saturated heterocycles. The van der Waals surface area contributed by atoms with Crippen LogP contribution in [0.25, 0.3) is 0 Å². The molecule has 0 spiro atoms. The molecule has 1 aromatic carbocycles. The van der Waals surface area contributed by atoms with Crippen molar-refractivity contribution < 1.29 is 23.8 Å². The van der Waals surface area contributed by atoms with E-state index in [0.717, 1.165) is 12.0 Å². The highest BCUT2D eigenvalue weighted by atomic mass is 35.5. The molecule has 7 nitrogen and oxygen atoms in total. The fourth-order valence-electron chi connectivity index (χ4n) is 2.51. The van der Waals surface area contributed by atoms with Crippen molar-refractivity contribution in [3.8, 4) is 5.75 Å². The van der Waals surface area contributed by atoms with Gasteiger partial charge in [0.25, 0.3) is 0 Å². The number of methoxy groups -OCH3 is 2. The maximum atomic E-state index is 12.1. The summed E-state index contributed by atoms with van der Waals surface area (Å²) in [6.07, 6.45) is 0.965. The van der Waals surface area contributed by atoms with Crippen LogP contribution in [0.4, 0.5) is 0 Å². The largest absolute Gasteiger partial charge is 0.496 e. The summed E-state index contributed by atoms with van der Waals surface area (Å²) in [5, 5.41) is 2.81. The average molecular weight is 359 g/mol. The van der Waals surface area contributed by atoms with Gasteiger partial charge >= 0.3 is 5.97 Å². The van der Waals surface area contributed by atoms with E-state index in [0.29, 0.717) is 30.8 Å². The molecule has 0 unspecified atom stereocenters. The number of nitrogens with two attached hydrogens (primary N) is 1. The molecule has 0 radical (unpaired) electrons. The fraction of sp³-hybridized carbons (Fsp3) is 0.500. The van der Waals surface area contributed by atoms with Gasteiger partial charge in [-0.25, -0.2) is 4.79 Å². The molecule has 0 bridgehead atoms. The summed E-state index contributed by atoms with van der Waals surface area (Å²) in [6.45, 7) is 0.713. The van der Waals surface area contributed by atoms with E-state index >= 15 is 0 Å². The Morgan fingerprint density at radius 1 is 1.33 bits per heavy atom. The second-order valence-electron chi connectivity index (χ2n) is 5.30. The van der Waals surface area contributed by atoms with Crippen LogP contribution in [-0.4, -0.2) is 44.8 Å². The summed E-state index contributed by atoms with van der Waals surface area (Å²) in [4.78, 5) is 23.8. The lowest BCUT2D eigenvalue weighted by Crippen LogP contribution is -2.35. The van der Waals surface area contributed by atoms with Crippen molar-refractivity contribution in [1.29, 1.82) is 0 Å². The van der Waals surface area contributed by atoms with Crippen LogP contribution in [0, 0.1) is 0 Å². The number of esters is 1. The number of amides is 1. The Bertz CT molecular complexity index is 582. The van der Waals surface area contributed by atoms with Crippen LogP contribution in [0.2, 0.25) is 0 Å². The molecular weight excluding hydrogens is 336 g/mol. The predicted molar refractivity (Wildman–Crippen MR) is 90.4 cm³/mol. The van der Waals surface area contributed by atoms with Gasteiger partial charge in [-0.05, 0) is 30.5 Å². The Morgan fingerprint density at radius 3 is 2.67 bits per heavy atom. The van der Waals surface area contributed by atoms with Crippen molar-refractivity contribution in [2.24, 2.45) is 5.73 Å². The van der Waals surface area contributed by atoms with Crippen molar-refractivity contribution in [3.05, 3.63) is 29.3 Å². The minimum Gasteiger partial charge on any atom is -0.496 e. The van der Waals surface area contributed by atoms with Crippen molar-refractivity contribution >= 4 is 24.3 Å². The maximum absolute atomic E-state index is 12.1. The van der Waals surface area contributed by atoms with Crippen LogP contribution >= 0.6 is 12.4 Å². The molecule has 1 aliphatic heterocycles. The molecular formula is C16H23ClN2O5. The number of hydrogen-bond acceptors (Lipinski definition) is 6. The monoisotopic (exact) mass is 358 g/mol. The Morgan fingerprint density at radius 2 is 2.08 bits per heavy atom. The molecule has 8 heteroatoms. The first kappa shape index (κ1) is 20.2. The van der Waals surface area contributed by atoms with Gasteiger partial charge < -0.3 is 25.3 Å². The summed E-state index contributed by atoms with van der Waals surface area (Å²) in [7, 11) is 2.79. The first-order valence-corrected chi connectivity index (χ1v) is 7.47. The molecule has 1 fully saturated rings. The molecule has 24 heavy (non-hydrogen) atoms. The maximum Gasteiger partial charge on any atom is 0.341 e. The van der Waals surface area contributed by atoms with Gasteiger partial charge in [0, 0.05) is 13.1 Å². The van der Waals surface area contributed by atoms with E-state index in [1.165, 1.54) is 14.2 Å². The van der Waals surface area contributed by atoms with Gasteiger partial charge in [-0.2, -0.15) is 0 Å². The number of hydrogen-bond donors (Lipinski definition) is 2. The molecule has 2 rings (SSSR count). The molecule has 1 amide bonds. The van der Waals surface area contributed by atoms with E-state index in [-0.39, 0.29) is 24.4 Å². The van der Waals surface area contributed by atoms with Gasteiger partial charge in [0.15, 0.2) is 0 Å². The average Bonchev–Trinajstić information content (AvgIpc) is 3.08. The smallest absolute Gasteiger partial charge is 0.341 e. The van der Waals surface area contributed by atoms with Gasteiger partial charge in [-0.1, -0.05) is 6.07 Å². The van der Waals surface area contributed by atoms with E-state index in [4.69, 9.17) is 19.9 Å². The van der Waals surface area contributed by atoms with E-state index in [2.05, 4.69) is 5.32 Å². The summed E-state index contributed by atoms with van der Waals surface area (Å²) >= 11 is 0. The molecule has 1 aliphatic rings. The van der Waals surface area contributed by atoms with E-state index in [1.54, 1.807) is 18.2 Å². The lowest BCUT2D eigenvalue weighted by Gasteiger charge is -2.13. The second-order valence-corrected chi connectivity index (χ2v) is 5.30. The summed E-state index contributed by atoms with van der Waals surface area (Å²) < 4.78 is 15.4. The zero-order valence-corrected chi connectivity index (χ0v) is 14.6. The van der Waals surface area contributed by atoms with Crippen molar-refractivity contribution in [2.45, 2.75) is 31.6 Å². The molecule has 1 aromatic rings. The quantitative estimate of drug-likeness (QED) is 0.737. The SMILES string of the molecule is COC(=O)c1cc(CNC(=O)[C@@H]2CC[C@H](CN)O2)ccc1OC.Cl. The number of halogens is 1. The summed E-state index contributed by atoms with van der Waals surface area (Å²) in [5.41, 5.74) is 6.63. The van der Waals surface area contributed by atoms with Crippen LogP contribution in [0.1, 0.15) is 28.8 Å². The normalized spacial score (nSPS) is 19.3. The van der Waals surface area contributed by atoms with Crippen LogP contribution in [0.3, 0.4) is 0 Å². The molecule has 1 heterocycles.